The predicted octanol–water partition coefficient (Wildman–Crippen LogP) is 0.367. The molecule has 0 aromatic rings. The molecule has 0 aliphatic rings. The van der Waals surface area contributed by atoms with E-state index in [2.05, 4.69) is 0 Å². The first-order valence-electron chi connectivity index (χ1n) is 0. The molecular formula is C10H40O5Ti5-. The van der Waals surface area contributed by atoms with Crippen LogP contribution in [-0.2, 0) is 109 Å². The minimum Gasteiger partial charge on any atom is -0.412 e. The normalized spacial score (nSPS) is 0. The first kappa shape index (κ1) is 1030. The molecule has 0 saturated heterocycles. The van der Waals surface area contributed by atoms with Gasteiger partial charge in [-0.1, -0.05) is 0 Å². The van der Waals surface area contributed by atoms with Crippen LogP contribution in [0.4, 0.5) is 0 Å². The molecule has 0 fully saturated rings. The number of hydrogen-bond donors (Lipinski definition) is 0. The molecule has 1 radical (unpaired) electrons. The van der Waals surface area contributed by atoms with Crippen LogP contribution in [0.5, 0.6) is 0 Å². The SMILES string of the molecule is O.O.O.O.O.[CH3-].[CH3-].[CH3-].[CH3-].[CH3-].[CH3-].[CH3-].[CH3-].[CH3-].[CH3-].[Ti+2].[Ti+2].[Ti+2].[Ti+3].[Ti]. The van der Waals surface area contributed by atoms with Gasteiger partial charge in [0.1, 0.15) is 0 Å². The van der Waals surface area contributed by atoms with Crippen molar-refractivity contribution >= 4 is 0 Å². The molecule has 0 aromatic heterocycles. The van der Waals surface area contributed by atoms with Gasteiger partial charge >= 0.3 is 86.9 Å². The van der Waals surface area contributed by atoms with Crippen LogP contribution < -0.4 is 0 Å². The average molecular weight is 480 g/mol. The largest absolute Gasteiger partial charge is 3.00 e. The van der Waals surface area contributed by atoms with Crippen molar-refractivity contribution in [2.45, 2.75) is 0 Å². The summed E-state index contributed by atoms with van der Waals surface area (Å²) >= 11 is 0. The minimum atomic E-state index is 0. The summed E-state index contributed by atoms with van der Waals surface area (Å²) in [4.78, 5) is 0. The summed E-state index contributed by atoms with van der Waals surface area (Å²) in [5.41, 5.74) is 0. The Labute approximate surface area is 208 Å². The maximum Gasteiger partial charge on any atom is 3.00 e. The number of rotatable bonds is 0. The first-order valence-corrected chi connectivity index (χ1v) is 0. The molecule has 10 N–H and O–H groups in total. The van der Waals surface area contributed by atoms with Gasteiger partial charge in [0.05, 0.1) is 0 Å². The van der Waals surface area contributed by atoms with E-state index in [9.17, 15) is 0 Å². The van der Waals surface area contributed by atoms with Gasteiger partial charge in [-0.2, -0.15) is 0 Å². The zero-order valence-electron chi connectivity index (χ0n) is 15.0. The van der Waals surface area contributed by atoms with Crippen LogP contribution >= 0.6 is 0 Å². The predicted molar refractivity (Wildman–Crippen MR) is 82.2 cm³/mol. The summed E-state index contributed by atoms with van der Waals surface area (Å²) < 4.78 is 0. The molecule has 0 aliphatic heterocycles. The molecule has 0 spiro atoms. The van der Waals surface area contributed by atoms with E-state index in [1.807, 2.05) is 0 Å². The number of hydrogen-bond acceptors (Lipinski definition) is 0. The van der Waals surface area contributed by atoms with E-state index in [-0.39, 0.29) is 210 Å². The summed E-state index contributed by atoms with van der Waals surface area (Å²) in [6.45, 7) is 0. The Hall–Kier alpha value is 3.37. The fourth-order valence-corrected chi connectivity index (χ4v) is 0. The third kappa shape index (κ3) is 780. The maximum absolute atomic E-state index is 0. The van der Waals surface area contributed by atoms with Gasteiger partial charge in [0.15, 0.2) is 0 Å². The van der Waals surface area contributed by atoms with Gasteiger partial charge in [0, 0.05) is 21.7 Å². The van der Waals surface area contributed by atoms with Gasteiger partial charge in [-0.15, -0.1) is 0 Å². The van der Waals surface area contributed by atoms with E-state index in [1.54, 1.807) is 0 Å². The molecule has 0 heterocycles. The third-order valence-electron chi connectivity index (χ3n) is 0. The van der Waals surface area contributed by atoms with Crippen LogP contribution in [0.15, 0.2) is 0 Å². The second-order valence-corrected chi connectivity index (χ2v) is 0. The molecule has 20 heavy (non-hydrogen) atoms. The van der Waals surface area contributed by atoms with Gasteiger partial charge < -0.3 is 102 Å². The molecule has 0 rings (SSSR count). The van der Waals surface area contributed by atoms with Crippen molar-refractivity contribution in [2.24, 2.45) is 0 Å². The van der Waals surface area contributed by atoms with Crippen LogP contribution in [0.25, 0.3) is 0 Å². The van der Waals surface area contributed by atoms with Crippen LogP contribution in [0, 0.1) is 74.3 Å². The van der Waals surface area contributed by atoms with Gasteiger partial charge in [-0.05, 0) is 0 Å². The van der Waals surface area contributed by atoms with Crippen molar-refractivity contribution < 1.29 is 136 Å². The molecule has 131 valence electrons. The molecule has 0 amide bonds. The van der Waals surface area contributed by atoms with E-state index >= 15 is 0 Å². The van der Waals surface area contributed by atoms with Gasteiger partial charge in [0.25, 0.3) is 0 Å². The fraction of sp³-hybridized carbons (Fsp3) is 0. The second-order valence-electron chi connectivity index (χ2n) is 0. The molecule has 0 aliphatic carbocycles. The molecular weight excluding hydrogens is 439 g/mol. The van der Waals surface area contributed by atoms with Crippen molar-refractivity contribution in [3.63, 3.8) is 0 Å². The summed E-state index contributed by atoms with van der Waals surface area (Å²) in [6, 6.07) is 0. The molecule has 5 nitrogen and oxygen atoms in total. The van der Waals surface area contributed by atoms with Crippen LogP contribution in [0.2, 0.25) is 0 Å². The average Bonchev–Trinajstić information content (AvgIpc) is 0. The second kappa shape index (κ2) is 899. The Bertz CT molecular complexity index is 30.0. The summed E-state index contributed by atoms with van der Waals surface area (Å²) in [6.07, 6.45) is 0. The van der Waals surface area contributed by atoms with E-state index < -0.39 is 0 Å². The zero-order valence-corrected chi connectivity index (χ0v) is 22.8. The molecule has 0 unspecified atom stereocenters. The summed E-state index contributed by atoms with van der Waals surface area (Å²) in [5.74, 6) is 0. The fourth-order valence-electron chi connectivity index (χ4n) is 0. The van der Waals surface area contributed by atoms with Crippen LogP contribution in [-0.4, -0.2) is 27.4 Å². The van der Waals surface area contributed by atoms with Crippen molar-refractivity contribution in [1.82, 2.24) is 0 Å². The molecule has 0 bridgehead atoms. The van der Waals surface area contributed by atoms with E-state index in [0.717, 1.165) is 0 Å². The minimum absolute atomic E-state index is 0. The molecule has 0 atom stereocenters. The van der Waals surface area contributed by atoms with E-state index in [0.29, 0.717) is 0 Å². The Kier molecular flexibility index (Phi) is 46300. The Morgan fingerprint density at radius 3 is 0.250 bits per heavy atom. The first-order chi connectivity index (χ1) is 0. The molecule has 0 saturated carbocycles. The zero-order chi connectivity index (χ0) is 0. The van der Waals surface area contributed by atoms with Gasteiger partial charge in [-0.3, -0.25) is 0 Å². The van der Waals surface area contributed by atoms with Crippen molar-refractivity contribution in [1.29, 1.82) is 0 Å². The smallest absolute Gasteiger partial charge is 0.412 e. The standard InChI is InChI=1S/10CH3.5H2O.5Ti/h10*1H3;5*1H2;;;;;/q10*-1;;;;;;;3*+2;+3. The topological polar surface area (TPSA) is 158 Å². The third-order valence-corrected chi connectivity index (χ3v) is 0. The Balaban J connectivity index is 0. The summed E-state index contributed by atoms with van der Waals surface area (Å²) in [7, 11) is 0. The Morgan fingerprint density at radius 2 is 0.250 bits per heavy atom. The monoisotopic (exact) mass is 480 g/mol. The van der Waals surface area contributed by atoms with Crippen molar-refractivity contribution in [3.05, 3.63) is 74.3 Å². The quantitative estimate of drug-likeness (QED) is 0.347. The van der Waals surface area contributed by atoms with Gasteiger partial charge in [-0.25, -0.2) is 0 Å². The van der Waals surface area contributed by atoms with Crippen molar-refractivity contribution in [2.75, 3.05) is 0 Å². The Morgan fingerprint density at radius 1 is 0.250 bits per heavy atom. The molecule has 10 heteroatoms. The van der Waals surface area contributed by atoms with Crippen LogP contribution in [0.3, 0.4) is 0 Å². The van der Waals surface area contributed by atoms with Gasteiger partial charge in [0.2, 0.25) is 0 Å². The van der Waals surface area contributed by atoms with E-state index in [1.165, 1.54) is 0 Å². The van der Waals surface area contributed by atoms with Crippen LogP contribution in [0.1, 0.15) is 0 Å². The molecule has 0 aromatic carbocycles. The summed E-state index contributed by atoms with van der Waals surface area (Å²) in [5, 5.41) is 0. The van der Waals surface area contributed by atoms with Crippen molar-refractivity contribution in [3.8, 4) is 0 Å². The van der Waals surface area contributed by atoms with E-state index in [4.69, 9.17) is 0 Å². The maximum atomic E-state index is 0.